The number of rotatable bonds is 5. The molecule has 3 nitrogen and oxygen atoms in total. The number of hydrogen-bond donors (Lipinski definition) is 2. The highest BCUT2D eigenvalue weighted by Gasteiger charge is 2.18. The number of nitrogens with one attached hydrogen (secondary N) is 1. The van der Waals surface area contributed by atoms with Crippen molar-refractivity contribution < 1.29 is 9.18 Å². The molecule has 0 saturated heterocycles. The fourth-order valence-corrected chi connectivity index (χ4v) is 2.74. The minimum absolute atomic E-state index is 0.0917. The van der Waals surface area contributed by atoms with E-state index in [1.165, 1.54) is 23.9 Å². The van der Waals surface area contributed by atoms with Crippen molar-refractivity contribution in [2.24, 2.45) is 0 Å². The molecule has 5 heteroatoms. The topological polar surface area (TPSA) is 55.1 Å². The van der Waals surface area contributed by atoms with Crippen LogP contribution in [0.25, 0.3) is 0 Å². The van der Waals surface area contributed by atoms with Crippen molar-refractivity contribution in [2.45, 2.75) is 23.5 Å². The Morgan fingerprint density at radius 3 is 2.38 bits per heavy atom. The summed E-state index contributed by atoms with van der Waals surface area (Å²) in [5.41, 5.74) is 6.94. The van der Waals surface area contributed by atoms with E-state index < -0.39 is 0 Å². The van der Waals surface area contributed by atoms with Crippen molar-refractivity contribution in [3.8, 4) is 0 Å². The molecule has 1 unspecified atom stereocenters. The van der Waals surface area contributed by atoms with Crippen LogP contribution >= 0.6 is 11.8 Å². The molecule has 1 amide bonds. The van der Waals surface area contributed by atoms with E-state index >= 15 is 0 Å². The van der Waals surface area contributed by atoms with Gasteiger partial charge in [-0.25, -0.2) is 4.39 Å². The van der Waals surface area contributed by atoms with Gasteiger partial charge in [0, 0.05) is 16.3 Å². The van der Waals surface area contributed by atoms with Gasteiger partial charge in [-0.2, -0.15) is 0 Å². The van der Waals surface area contributed by atoms with Gasteiger partial charge in [0.25, 0.3) is 0 Å². The number of carbonyl (C=O) groups excluding carboxylic acids is 1. The highest BCUT2D eigenvalue weighted by molar-refractivity contribution is 8.00. The highest BCUT2D eigenvalue weighted by Crippen LogP contribution is 2.27. The van der Waals surface area contributed by atoms with Crippen molar-refractivity contribution >= 4 is 29.0 Å². The fraction of sp³-hybridized carbons (Fsp3) is 0.188. The van der Waals surface area contributed by atoms with Crippen molar-refractivity contribution in [2.75, 3.05) is 11.1 Å². The maximum atomic E-state index is 12.8. The normalized spacial score (nSPS) is 11.9. The van der Waals surface area contributed by atoms with Gasteiger partial charge in [-0.05, 0) is 55.0 Å². The Hall–Kier alpha value is -2.01. The van der Waals surface area contributed by atoms with E-state index in [4.69, 9.17) is 5.73 Å². The third-order valence-electron chi connectivity index (χ3n) is 2.93. The Kier molecular flexibility index (Phi) is 5.22. The number of benzene rings is 2. The molecule has 0 radical (unpaired) electrons. The Morgan fingerprint density at radius 1 is 1.19 bits per heavy atom. The molecule has 2 aromatic rings. The average Bonchev–Trinajstić information content (AvgIpc) is 2.49. The fourth-order valence-electron chi connectivity index (χ4n) is 1.79. The molecule has 2 aromatic carbocycles. The summed E-state index contributed by atoms with van der Waals surface area (Å²) in [6.07, 6.45) is 0.696. The van der Waals surface area contributed by atoms with Gasteiger partial charge in [-0.15, -0.1) is 11.8 Å². The first-order valence-electron chi connectivity index (χ1n) is 6.67. The molecule has 1 atom stereocenters. The second-order valence-corrected chi connectivity index (χ2v) is 5.86. The molecule has 0 heterocycles. The summed E-state index contributed by atoms with van der Waals surface area (Å²) >= 11 is 1.49. The summed E-state index contributed by atoms with van der Waals surface area (Å²) in [5, 5.41) is 2.59. The van der Waals surface area contributed by atoms with Crippen LogP contribution in [0.5, 0.6) is 0 Å². The van der Waals surface area contributed by atoms with Gasteiger partial charge >= 0.3 is 0 Å². The largest absolute Gasteiger partial charge is 0.399 e. The molecule has 0 aliphatic rings. The van der Waals surface area contributed by atoms with Crippen molar-refractivity contribution in [1.29, 1.82) is 0 Å². The summed E-state index contributed by atoms with van der Waals surface area (Å²) < 4.78 is 12.8. The lowest BCUT2D eigenvalue weighted by Gasteiger charge is -2.15. The number of anilines is 2. The zero-order valence-corrected chi connectivity index (χ0v) is 12.5. The number of hydrogen-bond acceptors (Lipinski definition) is 3. The van der Waals surface area contributed by atoms with Gasteiger partial charge < -0.3 is 11.1 Å². The lowest BCUT2D eigenvalue weighted by molar-refractivity contribution is -0.115. The van der Waals surface area contributed by atoms with Gasteiger partial charge in [-0.3, -0.25) is 4.79 Å². The Bertz CT molecular complexity index is 599. The van der Waals surface area contributed by atoms with Gasteiger partial charge in [0.2, 0.25) is 5.91 Å². The molecular weight excluding hydrogens is 287 g/mol. The third kappa shape index (κ3) is 4.49. The second-order valence-electron chi connectivity index (χ2n) is 4.58. The summed E-state index contributed by atoms with van der Waals surface area (Å²) in [5.74, 6) is -0.415. The number of carbonyl (C=O) groups is 1. The highest BCUT2D eigenvalue weighted by atomic mass is 32.2. The monoisotopic (exact) mass is 304 g/mol. The molecule has 0 saturated carbocycles. The Balaban J connectivity index is 2.01. The van der Waals surface area contributed by atoms with Crippen LogP contribution in [-0.2, 0) is 4.79 Å². The number of halogens is 1. The molecule has 0 fully saturated rings. The SMILES string of the molecule is CCC(Sc1ccc(N)cc1)C(=O)Nc1ccc(F)cc1. The van der Waals surface area contributed by atoms with Crippen LogP contribution in [0.1, 0.15) is 13.3 Å². The molecule has 0 aliphatic heterocycles. The van der Waals surface area contributed by atoms with Crippen LogP contribution in [0.3, 0.4) is 0 Å². The predicted molar refractivity (Wildman–Crippen MR) is 85.8 cm³/mol. The third-order valence-corrected chi connectivity index (χ3v) is 4.31. The summed E-state index contributed by atoms with van der Waals surface area (Å²) in [6, 6.07) is 13.2. The number of nitrogen functional groups attached to an aromatic ring is 1. The molecule has 0 spiro atoms. The van der Waals surface area contributed by atoms with Gasteiger partial charge in [-0.1, -0.05) is 6.92 Å². The first kappa shape index (κ1) is 15.4. The number of amides is 1. The molecule has 0 bridgehead atoms. The number of thioether (sulfide) groups is 1. The van der Waals surface area contributed by atoms with Crippen LogP contribution in [0.2, 0.25) is 0 Å². The predicted octanol–water partition coefficient (Wildman–Crippen LogP) is 3.92. The zero-order chi connectivity index (χ0) is 15.2. The van der Waals surface area contributed by atoms with E-state index in [-0.39, 0.29) is 17.0 Å². The molecule has 0 aliphatic carbocycles. The lowest BCUT2D eigenvalue weighted by Crippen LogP contribution is -2.24. The van der Waals surface area contributed by atoms with E-state index in [9.17, 15) is 9.18 Å². The van der Waals surface area contributed by atoms with Gasteiger partial charge in [0.1, 0.15) is 5.82 Å². The second kappa shape index (κ2) is 7.13. The van der Waals surface area contributed by atoms with Gasteiger partial charge in [0.05, 0.1) is 5.25 Å². The van der Waals surface area contributed by atoms with E-state index in [2.05, 4.69) is 5.32 Å². The molecular formula is C16H17FN2OS. The Morgan fingerprint density at radius 2 is 1.81 bits per heavy atom. The first-order chi connectivity index (χ1) is 10.1. The number of nitrogens with two attached hydrogens (primary N) is 1. The molecule has 2 rings (SSSR count). The molecule has 3 N–H and O–H groups in total. The van der Waals surface area contributed by atoms with E-state index in [1.807, 2.05) is 31.2 Å². The lowest BCUT2D eigenvalue weighted by atomic mass is 10.2. The zero-order valence-electron chi connectivity index (χ0n) is 11.7. The van der Waals surface area contributed by atoms with E-state index in [0.717, 1.165) is 4.90 Å². The first-order valence-corrected chi connectivity index (χ1v) is 7.55. The van der Waals surface area contributed by atoms with E-state index in [0.29, 0.717) is 17.8 Å². The maximum Gasteiger partial charge on any atom is 0.237 e. The van der Waals surface area contributed by atoms with Gasteiger partial charge in [0.15, 0.2) is 0 Å². The minimum Gasteiger partial charge on any atom is -0.399 e. The van der Waals surface area contributed by atoms with Crippen LogP contribution < -0.4 is 11.1 Å². The quantitative estimate of drug-likeness (QED) is 0.650. The van der Waals surface area contributed by atoms with Crippen LogP contribution in [-0.4, -0.2) is 11.2 Å². The van der Waals surface area contributed by atoms with Crippen molar-refractivity contribution in [3.05, 3.63) is 54.3 Å². The summed E-state index contributed by atoms with van der Waals surface area (Å²) in [4.78, 5) is 13.2. The van der Waals surface area contributed by atoms with Crippen LogP contribution in [0.4, 0.5) is 15.8 Å². The Labute approximate surface area is 127 Å². The van der Waals surface area contributed by atoms with E-state index in [1.54, 1.807) is 12.1 Å². The minimum atomic E-state index is -0.323. The maximum absolute atomic E-state index is 12.8. The molecule has 110 valence electrons. The summed E-state index contributed by atoms with van der Waals surface area (Å²) in [7, 11) is 0. The molecule has 21 heavy (non-hydrogen) atoms. The summed E-state index contributed by atoms with van der Waals surface area (Å²) in [6.45, 7) is 1.96. The van der Waals surface area contributed by atoms with Crippen molar-refractivity contribution in [3.63, 3.8) is 0 Å². The standard InChI is InChI=1S/C16H17FN2OS/c1-2-15(21-14-9-5-12(18)6-10-14)16(20)19-13-7-3-11(17)4-8-13/h3-10,15H,2,18H2,1H3,(H,19,20). The van der Waals surface area contributed by atoms with Crippen molar-refractivity contribution in [1.82, 2.24) is 0 Å². The van der Waals surface area contributed by atoms with Crippen LogP contribution in [0, 0.1) is 5.82 Å². The molecule has 0 aromatic heterocycles. The average molecular weight is 304 g/mol. The smallest absolute Gasteiger partial charge is 0.237 e. The van der Waals surface area contributed by atoms with Crippen LogP contribution in [0.15, 0.2) is 53.4 Å².